The van der Waals surface area contributed by atoms with Crippen LogP contribution in [-0.2, 0) is 14.8 Å². The summed E-state index contributed by atoms with van der Waals surface area (Å²) >= 11 is 0. The summed E-state index contributed by atoms with van der Waals surface area (Å²) in [6.07, 6.45) is 7.75. The fourth-order valence-corrected chi connectivity index (χ4v) is 5.62. The zero-order valence-corrected chi connectivity index (χ0v) is 15.8. The van der Waals surface area contributed by atoms with Crippen LogP contribution in [0.1, 0.15) is 58.4 Å². The molecule has 3 atom stereocenters. The molecule has 3 unspecified atom stereocenters. The number of rotatable bonds is 5. The van der Waals surface area contributed by atoms with Crippen molar-refractivity contribution in [1.29, 1.82) is 0 Å². The van der Waals surface area contributed by atoms with E-state index in [1.54, 1.807) is 13.8 Å². The van der Waals surface area contributed by atoms with Gasteiger partial charge in [0.15, 0.2) is 0 Å². The molecular formula is C20H29NO2S. The van der Waals surface area contributed by atoms with Crippen LogP contribution in [0.5, 0.6) is 0 Å². The van der Waals surface area contributed by atoms with Crippen LogP contribution < -0.4 is 4.72 Å². The van der Waals surface area contributed by atoms with E-state index in [1.807, 2.05) is 30.3 Å². The Morgan fingerprint density at radius 3 is 2.54 bits per heavy atom. The third-order valence-corrected chi connectivity index (χ3v) is 8.11. The van der Waals surface area contributed by atoms with Crippen LogP contribution >= 0.6 is 0 Å². The van der Waals surface area contributed by atoms with Crippen LogP contribution in [0, 0.1) is 11.8 Å². The summed E-state index contributed by atoms with van der Waals surface area (Å²) < 4.78 is 28.4. The maximum Gasteiger partial charge on any atom is 0.221 e. The second-order valence-electron chi connectivity index (χ2n) is 7.82. The lowest BCUT2D eigenvalue weighted by atomic mass is 9.70. The predicted molar refractivity (Wildman–Crippen MR) is 99.1 cm³/mol. The minimum Gasteiger partial charge on any atom is -0.211 e. The number of fused-ring (bicyclic) bond motifs is 2. The summed E-state index contributed by atoms with van der Waals surface area (Å²) in [5.41, 5.74) is 2.34. The molecule has 0 amide bonds. The van der Waals surface area contributed by atoms with Crippen molar-refractivity contribution in [3.63, 3.8) is 0 Å². The molecule has 0 saturated heterocycles. The van der Waals surface area contributed by atoms with Crippen LogP contribution in [0.15, 0.2) is 42.0 Å². The first-order chi connectivity index (χ1) is 11.3. The second kappa shape index (κ2) is 6.64. The van der Waals surface area contributed by atoms with Crippen molar-refractivity contribution in [2.24, 2.45) is 11.8 Å². The molecule has 1 aromatic rings. The molecule has 24 heavy (non-hydrogen) atoms. The fourth-order valence-electron chi connectivity index (χ4n) is 4.17. The molecule has 3 nitrogen and oxygen atoms in total. The van der Waals surface area contributed by atoms with Gasteiger partial charge < -0.3 is 0 Å². The molecule has 0 aromatic heterocycles. The van der Waals surface area contributed by atoms with Crippen molar-refractivity contribution in [2.45, 2.75) is 63.7 Å². The predicted octanol–water partition coefficient (Wildman–Crippen LogP) is 4.37. The Morgan fingerprint density at radius 1 is 1.17 bits per heavy atom. The van der Waals surface area contributed by atoms with E-state index in [9.17, 15) is 8.42 Å². The number of hydrogen-bond acceptors (Lipinski definition) is 2. The SMILES string of the molecule is CCC1=CC2CCC(NS(=O)(=O)C(C)(C)c3ccccc3)C(C1)C2. The van der Waals surface area contributed by atoms with Gasteiger partial charge in [-0.1, -0.05) is 48.9 Å². The van der Waals surface area contributed by atoms with Crippen LogP contribution in [0.2, 0.25) is 0 Å². The number of benzene rings is 1. The van der Waals surface area contributed by atoms with Crippen LogP contribution in [0.3, 0.4) is 0 Å². The van der Waals surface area contributed by atoms with E-state index in [0.717, 1.165) is 37.7 Å². The molecule has 2 aliphatic carbocycles. The van der Waals surface area contributed by atoms with Gasteiger partial charge in [0.05, 0.1) is 0 Å². The Balaban J connectivity index is 1.79. The van der Waals surface area contributed by atoms with E-state index < -0.39 is 14.8 Å². The normalized spacial score (nSPS) is 27.6. The van der Waals surface area contributed by atoms with Gasteiger partial charge in [0.25, 0.3) is 0 Å². The van der Waals surface area contributed by atoms with Gasteiger partial charge in [0.2, 0.25) is 10.0 Å². The van der Waals surface area contributed by atoms with Crippen LogP contribution in [-0.4, -0.2) is 14.5 Å². The van der Waals surface area contributed by atoms with Crippen LogP contribution in [0.25, 0.3) is 0 Å². The Bertz CT molecular complexity index is 706. The van der Waals surface area contributed by atoms with Gasteiger partial charge in [-0.2, -0.15) is 0 Å². The molecule has 132 valence electrons. The Hall–Kier alpha value is -1.13. The van der Waals surface area contributed by atoms with Crippen molar-refractivity contribution in [3.05, 3.63) is 47.5 Å². The largest absolute Gasteiger partial charge is 0.221 e. The Morgan fingerprint density at radius 2 is 1.88 bits per heavy atom. The molecule has 2 bridgehead atoms. The first kappa shape index (κ1) is 17.7. The highest BCUT2D eigenvalue weighted by Crippen LogP contribution is 2.41. The summed E-state index contributed by atoms with van der Waals surface area (Å²) in [6.45, 7) is 5.80. The van der Waals surface area contributed by atoms with Gasteiger partial charge >= 0.3 is 0 Å². The topological polar surface area (TPSA) is 46.2 Å². The molecule has 0 heterocycles. The van der Waals surface area contributed by atoms with E-state index in [1.165, 1.54) is 5.57 Å². The summed E-state index contributed by atoms with van der Waals surface area (Å²) in [5.74, 6) is 1.10. The van der Waals surface area contributed by atoms with Crippen molar-refractivity contribution in [2.75, 3.05) is 0 Å². The highest BCUT2D eigenvalue weighted by Gasteiger charge is 2.41. The first-order valence-electron chi connectivity index (χ1n) is 9.10. The molecule has 2 aliphatic rings. The minimum atomic E-state index is -3.44. The average Bonchev–Trinajstić information content (AvgIpc) is 2.58. The van der Waals surface area contributed by atoms with Crippen molar-refractivity contribution in [3.8, 4) is 0 Å². The van der Waals surface area contributed by atoms with Gasteiger partial charge in [-0.05, 0) is 63.4 Å². The molecule has 1 saturated carbocycles. The van der Waals surface area contributed by atoms with Crippen molar-refractivity contribution < 1.29 is 8.42 Å². The summed E-state index contributed by atoms with van der Waals surface area (Å²) in [5, 5.41) is 0. The van der Waals surface area contributed by atoms with Gasteiger partial charge in [-0.15, -0.1) is 0 Å². The van der Waals surface area contributed by atoms with Gasteiger partial charge in [0, 0.05) is 6.04 Å². The zero-order chi connectivity index (χ0) is 17.4. The molecule has 0 radical (unpaired) electrons. The monoisotopic (exact) mass is 347 g/mol. The van der Waals surface area contributed by atoms with Crippen LogP contribution in [0.4, 0.5) is 0 Å². The molecule has 1 N–H and O–H groups in total. The van der Waals surface area contributed by atoms with E-state index >= 15 is 0 Å². The Labute approximate surface area is 146 Å². The lowest BCUT2D eigenvalue weighted by Crippen LogP contribution is -2.49. The molecule has 3 rings (SSSR count). The van der Waals surface area contributed by atoms with E-state index in [0.29, 0.717) is 11.8 Å². The summed E-state index contributed by atoms with van der Waals surface area (Å²) in [6, 6.07) is 9.59. The second-order valence-corrected chi connectivity index (χ2v) is 10.1. The molecular weight excluding hydrogens is 318 g/mol. The standard InChI is InChI=1S/C20H29NO2S/c1-4-15-12-16-10-11-19(17(13-15)14-16)21-24(22,23)20(2,3)18-8-6-5-7-9-18/h5-9,12,16-17,19,21H,4,10-11,13-14H2,1-3H3. The van der Waals surface area contributed by atoms with Crippen molar-refractivity contribution in [1.82, 2.24) is 4.72 Å². The first-order valence-corrected chi connectivity index (χ1v) is 10.6. The lowest BCUT2D eigenvalue weighted by Gasteiger charge is -2.41. The maximum absolute atomic E-state index is 13.1. The van der Waals surface area contributed by atoms with E-state index in [2.05, 4.69) is 17.7 Å². The summed E-state index contributed by atoms with van der Waals surface area (Å²) in [4.78, 5) is 0. The number of hydrogen-bond donors (Lipinski definition) is 1. The fraction of sp³-hybridized carbons (Fsp3) is 0.600. The third kappa shape index (κ3) is 3.31. The molecule has 0 aliphatic heterocycles. The quantitative estimate of drug-likeness (QED) is 0.804. The minimum absolute atomic E-state index is 0.0736. The highest BCUT2D eigenvalue weighted by molar-refractivity contribution is 7.90. The van der Waals surface area contributed by atoms with Gasteiger partial charge in [0.1, 0.15) is 4.75 Å². The Kier molecular flexibility index (Phi) is 4.89. The average molecular weight is 348 g/mol. The highest BCUT2D eigenvalue weighted by atomic mass is 32.2. The molecule has 0 spiro atoms. The number of allylic oxidation sites excluding steroid dienone is 2. The van der Waals surface area contributed by atoms with E-state index in [-0.39, 0.29) is 6.04 Å². The summed E-state index contributed by atoms with van der Waals surface area (Å²) in [7, 11) is -3.44. The molecule has 1 fully saturated rings. The van der Waals surface area contributed by atoms with Crippen molar-refractivity contribution >= 4 is 10.0 Å². The van der Waals surface area contributed by atoms with E-state index in [4.69, 9.17) is 0 Å². The molecule has 1 aromatic carbocycles. The smallest absolute Gasteiger partial charge is 0.211 e. The van der Waals surface area contributed by atoms with Gasteiger partial charge in [-0.25, -0.2) is 13.1 Å². The molecule has 4 heteroatoms. The lowest BCUT2D eigenvalue weighted by molar-refractivity contribution is 0.230. The number of sulfonamides is 1. The zero-order valence-electron chi connectivity index (χ0n) is 15.0. The third-order valence-electron chi connectivity index (χ3n) is 5.92. The number of nitrogens with one attached hydrogen (secondary N) is 1. The van der Waals surface area contributed by atoms with Gasteiger partial charge in [-0.3, -0.25) is 0 Å². The maximum atomic E-state index is 13.1.